The Morgan fingerprint density at radius 2 is 2.00 bits per heavy atom. The highest BCUT2D eigenvalue weighted by Crippen LogP contribution is 2.47. The van der Waals surface area contributed by atoms with Gasteiger partial charge in [-0.25, -0.2) is 4.98 Å². The fraction of sp³-hybridized carbons (Fsp3) is 0.423. The van der Waals surface area contributed by atoms with E-state index in [0.717, 1.165) is 52.7 Å². The molecule has 2 bridgehead atoms. The summed E-state index contributed by atoms with van der Waals surface area (Å²) in [5.41, 5.74) is 3.39. The summed E-state index contributed by atoms with van der Waals surface area (Å²) in [4.78, 5) is 4.85. The first-order chi connectivity index (χ1) is 15.0. The number of aliphatic hydroxyl groups excluding tert-OH is 1. The number of rotatable bonds is 5. The average molecular weight is 419 g/mol. The summed E-state index contributed by atoms with van der Waals surface area (Å²) in [6.45, 7) is 3.42. The minimum absolute atomic E-state index is 0.273. The largest absolute Gasteiger partial charge is 0.633 e. The molecule has 3 aromatic rings. The fourth-order valence-electron chi connectivity index (χ4n) is 5.79. The number of benzene rings is 2. The number of aromatic nitrogens is 1. The zero-order valence-electron chi connectivity index (χ0n) is 18.2. The first kappa shape index (κ1) is 20.4. The van der Waals surface area contributed by atoms with Crippen LogP contribution in [0, 0.1) is 17.0 Å². The van der Waals surface area contributed by atoms with Gasteiger partial charge in [0, 0.05) is 29.7 Å². The van der Waals surface area contributed by atoms with E-state index < -0.39 is 6.10 Å². The maximum atomic E-state index is 13.8. The lowest BCUT2D eigenvalue weighted by molar-refractivity contribution is -0.930. The van der Waals surface area contributed by atoms with Crippen molar-refractivity contribution in [2.45, 2.75) is 38.3 Å². The van der Waals surface area contributed by atoms with Crippen molar-refractivity contribution in [3.8, 4) is 17.0 Å². The normalized spacial score (nSPS) is 28.6. The lowest BCUT2D eigenvalue weighted by atomic mass is 9.72. The van der Waals surface area contributed by atoms with E-state index >= 15 is 0 Å². The molecule has 1 aromatic heterocycles. The Morgan fingerprint density at radius 1 is 1.19 bits per heavy atom. The van der Waals surface area contributed by atoms with E-state index in [1.54, 1.807) is 7.11 Å². The van der Waals surface area contributed by atoms with E-state index in [9.17, 15) is 10.3 Å². The van der Waals surface area contributed by atoms with Crippen LogP contribution in [-0.4, -0.2) is 41.0 Å². The van der Waals surface area contributed by atoms with Crippen molar-refractivity contribution in [2.24, 2.45) is 11.8 Å². The quantitative estimate of drug-likeness (QED) is 0.464. The first-order valence-electron chi connectivity index (χ1n) is 11.3. The molecule has 6 rings (SSSR count). The summed E-state index contributed by atoms with van der Waals surface area (Å²) in [5, 5.41) is 26.3. The molecule has 5 atom stereocenters. The molecule has 3 aliphatic rings. The predicted octanol–water partition coefficient (Wildman–Crippen LogP) is 5.08. The van der Waals surface area contributed by atoms with Gasteiger partial charge >= 0.3 is 0 Å². The number of quaternary nitrogens is 1. The summed E-state index contributed by atoms with van der Waals surface area (Å²) >= 11 is 0. The van der Waals surface area contributed by atoms with Gasteiger partial charge in [0.15, 0.2) is 0 Å². The molecule has 2 aromatic carbocycles. The summed E-state index contributed by atoms with van der Waals surface area (Å²) in [7, 11) is 1.64. The number of piperidine rings is 3. The molecule has 0 amide bonds. The van der Waals surface area contributed by atoms with Gasteiger partial charge in [-0.3, -0.25) is 0 Å². The van der Waals surface area contributed by atoms with Gasteiger partial charge in [0.1, 0.15) is 17.9 Å². The number of methoxy groups -OCH3 is 1. The Kier molecular flexibility index (Phi) is 5.21. The molecule has 5 nitrogen and oxygen atoms in total. The Bertz CT molecular complexity index is 1090. The predicted molar refractivity (Wildman–Crippen MR) is 122 cm³/mol. The minimum Gasteiger partial charge on any atom is -0.633 e. The van der Waals surface area contributed by atoms with Gasteiger partial charge in [-0.2, -0.15) is 0 Å². The van der Waals surface area contributed by atoms with Crippen molar-refractivity contribution < 1.29 is 14.5 Å². The molecule has 5 heteroatoms. The van der Waals surface area contributed by atoms with E-state index in [2.05, 4.69) is 6.92 Å². The second-order valence-corrected chi connectivity index (χ2v) is 9.17. The van der Waals surface area contributed by atoms with Crippen LogP contribution in [0.1, 0.15) is 37.9 Å². The molecule has 2 unspecified atom stereocenters. The number of ether oxygens (including phenoxy) is 1. The molecular weight excluding hydrogens is 388 g/mol. The molecular formula is C26H30N2O3. The number of fused-ring (bicyclic) bond motifs is 4. The zero-order chi connectivity index (χ0) is 21.6. The molecule has 1 N–H and O–H groups in total. The van der Waals surface area contributed by atoms with Gasteiger partial charge in [-0.05, 0) is 42.2 Å². The van der Waals surface area contributed by atoms with Crippen molar-refractivity contribution in [3.63, 3.8) is 0 Å². The van der Waals surface area contributed by atoms with Crippen LogP contribution >= 0.6 is 0 Å². The molecule has 3 saturated heterocycles. The Morgan fingerprint density at radius 3 is 2.71 bits per heavy atom. The summed E-state index contributed by atoms with van der Waals surface area (Å²) in [6, 6.07) is 17.4. The number of nitrogens with zero attached hydrogens (tertiary/aromatic N) is 2. The van der Waals surface area contributed by atoms with Gasteiger partial charge < -0.3 is 19.7 Å². The van der Waals surface area contributed by atoms with Crippen molar-refractivity contribution in [1.29, 1.82) is 0 Å². The SMILES string of the molecule is CC[C@H]1C[N+]2([O-])CC[C@@H]1CC2[C@H](O)c1cc(-c2ccccc2)nc2ccc(OC)cc12. The molecule has 31 heavy (non-hydrogen) atoms. The molecule has 0 saturated carbocycles. The van der Waals surface area contributed by atoms with Crippen molar-refractivity contribution >= 4 is 10.9 Å². The lowest BCUT2D eigenvalue weighted by Crippen LogP contribution is -2.65. The minimum atomic E-state index is -0.835. The zero-order valence-corrected chi connectivity index (χ0v) is 18.2. The number of aliphatic hydroxyl groups is 1. The second-order valence-electron chi connectivity index (χ2n) is 9.17. The monoisotopic (exact) mass is 418 g/mol. The van der Waals surface area contributed by atoms with Gasteiger partial charge in [0.25, 0.3) is 0 Å². The maximum Gasteiger partial charge on any atom is 0.132 e. The second kappa shape index (κ2) is 7.90. The van der Waals surface area contributed by atoms with Crippen molar-refractivity contribution in [3.05, 3.63) is 65.4 Å². The number of hydroxylamine groups is 3. The van der Waals surface area contributed by atoms with E-state index in [0.29, 0.717) is 24.9 Å². The summed E-state index contributed by atoms with van der Waals surface area (Å²) < 4.78 is 5.17. The van der Waals surface area contributed by atoms with Crippen LogP contribution in [-0.2, 0) is 0 Å². The van der Waals surface area contributed by atoms with Crippen LogP contribution < -0.4 is 4.74 Å². The van der Waals surface area contributed by atoms with E-state index in [-0.39, 0.29) is 10.7 Å². The maximum absolute atomic E-state index is 13.8. The molecule has 4 heterocycles. The average Bonchev–Trinajstić information content (AvgIpc) is 2.82. The van der Waals surface area contributed by atoms with Crippen molar-refractivity contribution in [1.82, 2.24) is 4.98 Å². The highest BCUT2D eigenvalue weighted by atomic mass is 16.6. The molecule has 162 valence electrons. The van der Waals surface area contributed by atoms with Gasteiger partial charge in [0.05, 0.1) is 31.4 Å². The topological polar surface area (TPSA) is 65.4 Å². The van der Waals surface area contributed by atoms with Gasteiger partial charge in [-0.1, -0.05) is 37.3 Å². The van der Waals surface area contributed by atoms with Crippen LogP contribution in [0.2, 0.25) is 0 Å². The third-order valence-corrected chi connectivity index (χ3v) is 7.56. The van der Waals surface area contributed by atoms with Crippen molar-refractivity contribution in [2.75, 3.05) is 20.2 Å². The number of pyridine rings is 1. The molecule has 3 aliphatic heterocycles. The Balaban J connectivity index is 1.62. The highest BCUT2D eigenvalue weighted by Gasteiger charge is 2.50. The standard InChI is InChI=1S/C26H30N2O3/c1-3-17-16-28(30)12-11-19(17)13-25(28)26(29)22-15-24(18-7-5-4-6-8-18)27-23-10-9-20(31-2)14-21(22)23/h4-10,14-15,17,19,25-26,29H,3,11-13,16H2,1-2H3/t17-,19+,25?,26+,28?/m0/s1. The lowest BCUT2D eigenvalue weighted by Gasteiger charge is -2.61. The first-order valence-corrected chi connectivity index (χ1v) is 11.3. The van der Waals surface area contributed by atoms with E-state index in [1.165, 1.54) is 0 Å². The van der Waals surface area contributed by atoms with Crippen LogP contribution in [0.4, 0.5) is 0 Å². The van der Waals surface area contributed by atoms with Gasteiger partial charge in [-0.15, -0.1) is 0 Å². The molecule has 3 fully saturated rings. The summed E-state index contributed by atoms with van der Waals surface area (Å²) in [6.07, 6.45) is 1.98. The number of hydrogen-bond acceptors (Lipinski definition) is 4. The Labute approximate surface area is 183 Å². The molecule has 0 aliphatic carbocycles. The van der Waals surface area contributed by atoms with E-state index in [1.807, 2.05) is 54.6 Å². The Hall–Kier alpha value is -2.47. The third kappa shape index (κ3) is 3.51. The highest BCUT2D eigenvalue weighted by molar-refractivity contribution is 5.87. The smallest absolute Gasteiger partial charge is 0.132 e. The van der Waals surface area contributed by atoms with E-state index in [4.69, 9.17) is 9.72 Å². The molecule has 0 radical (unpaired) electrons. The van der Waals surface area contributed by atoms with Crippen LogP contribution in [0.5, 0.6) is 5.75 Å². The third-order valence-electron chi connectivity index (χ3n) is 7.56. The summed E-state index contributed by atoms with van der Waals surface area (Å²) in [5.74, 6) is 1.73. The number of hydrogen-bond donors (Lipinski definition) is 1. The van der Waals surface area contributed by atoms with Crippen LogP contribution in [0.15, 0.2) is 54.6 Å². The van der Waals surface area contributed by atoms with Gasteiger partial charge in [0.2, 0.25) is 0 Å². The van der Waals surface area contributed by atoms with Crippen LogP contribution in [0.3, 0.4) is 0 Å². The van der Waals surface area contributed by atoms with Crippen LogP contribution in [0.25, 0.3) is 22.2 Å². The fourth-order valence-corrected chi connectivity index (χ4v) is 5.79. The molecule has 0 spiro atoms.